The molecule has 18 heavy (non-hydrogen) atoms. The lowest BCUT2D eigenvalue weighted by Crippen LogP contribution is -2.24. The highest BCUT2D eigenvalue weighted by atomic mass is 16.5. The molecule has 0 atom stereocenters. The van der Waals surface area contributed by atoms with Gasteiger partial charge in [0.05, 0.1) is 19.8 Å². The second-order valence-corrected chi connectivity index (χ2v) is 3.89. The van der Waals surface area contributed by atoms with Gasteiger partial charge in [-0.25, -0.2) is 0 Å². The highest BCUT2D eigenvalue weighted by Crippen LogP contribution is 2.25. The van der Waals surface area contributed by atoms with Crippen molar-refractivity contribution < 1.29 is 13.9 Å². The van der Waals surface area contributed by atoms with Gasteiger partial charge in [0.15, 0.2) is 0 Å². The average molecular weight is 245 g/mol. The van der Waals surface area contributed by atoms with Gasteiger partial charge in [-0.15, -0.1) is 6.58 Å². The van der Waals surface area contributed by atoms with Crippen LogP contribution >= 0.6 is 0 Å². The minimum absolute atomic E-state index is 0.0552. The van der Waals surface area contributed by atoms with Crippen LogP contribution in [0.25, 0.3) is 11.0 Å². The molecule has 1 N–H and O–H groups in total. The summed E-state index contributed by atoms with van der Waals surface area (Å²) in [4.78, 5) is 11.6. The Balaban J connectivity index is 2.22. The average Bonchev–Trinajstić information content (AvgIpc) is 2.78. The number of furan rings is 1. The molecule has 4 heteroatoms. The lowest BCUT2D eigenvalue weighted by atomic mass is 10.1. The van der Waals surface area contributed by atoms with Gasteiger partial charge in [-0.2, -0.15) is 0 Å². The molecule has 0 fully saturated rings. The molecule has 0 saturated heterocycles. The molecule has 0 radical (unpaired) electrons. The van der Waals surface area contributed by atoms with Crippen LogP contribution in [-0.4, -0.2) is 19.6 Å². The normalized spacial score (nSPS) is 10.3. The summed E-state index contributed by atoms with van der Waals surface area (Å²) < 4.78 is 10.6. The molecule has 0 spiro atoms. The zero-order chi connectivity index (χ0) is 13.0. The Kier molecular flexibility index (Phi) is 3.67. The molecule has 0 aliphatic rings. The van der Waals surface area contributed by atoms with E-state index in [1.807, 2.05) is 18.2 Å². The predicted octanol–water partition coefficient (Wildman–Crippen LogP) is 2.29. The van der Waals surface area contributed by atoms with Crippen LogP contribution in [0, 0.1) is 0 Å². The van der Waals surface area contributed by atoms with Crippen LogP contribution in [0.5, 0.6) is 5.75 Å². The van der Waals surface area contributed by atoms with Gasteiger partial charge in [-0.3, -0.25) is 4.79 Å². The number of carbonyl (C=O) groups is 1. The SMILES string of the molecule is C=CCNC(=O)Cc1coc2ccc(OC)cc12. The molecule has 0 aliphatic carbocycles. The van der Waals surface area contributed by atoms with E-state index in [4.69, 9.17) is 9.15 Å². The topological polar surface area (TPSA) is 51.5 Å². The molecule has 0 unspecified atom stereocenters. The van der Waals surface area contributed by atoms with Gasteiger partial charge in [-0.05, 0) is 18.2 Å². The van der Waals surface area contributed by atoms with Crippen molar-refractivity contribution in [1.29, 1.82) is 0 Å². The maximum Gasteiger partial charge on any atom is 0.224 e. The number of fused-ring (bicyclic) bond motifs is 1. The van der Waals surface area contributed by atoms with Crippen LogP contribution in [-0.2, 0) is 11.2 Å². The van der Waals surface area contributed by atoms with Crippen molar-refractivity contribution in [1.82, 2.24) is 5.32 Å². The molecule has 1 heterocycles. The smallest absolute Gasteiger partial charge is 0.224 e. The zero-order valence-electron chi connectivity index (χ0n) is 10.2. The summed E-state index contributed by atoms with van der Waals surface area (Å²) in [5.41, 5.74) is 1.60. The van der Waals surface area contributed by atoms with E-state index in [1.54, 1.807) is 19.4 Å². The summed E-state index contributed by atoms with van der Waals surface area (Å²) in [7, 11) is 1.61. The highest BCUT2D eigenvalue weighted by Gasteiger charge is 2.10. The molecule has 0 aliphatic heterocycles. The second-order valence-electron chi connectivity index (χ2n) is 3.89. The first-order valence-corrected chi connectivity index (χ1v) is 5.66. The molecule has 0 saturated carbocycles. The van der Waals surface area contributed by atoms with E-state index in [0.29, 0.717) is 6.54 Å². The van der Waals surface area contributed by atoms with Crippen molar-refractivity contribution in [2.24, 2.45) is 0 Å². The largest absolute Gasteiger partial charge is 0.497 e. The lowest BCUT2D eigenvalue weighted by Gasteiger charge is -2.02. The maximum atomic E-state index is 11.6. The third-order valence-corrected chi connectivity index (χ3v) is 2.66. The van der Waals surface area contributed by atoms with Crippen LogP contribution in [0.15, 0.2) is 41.5 Å². The first kappa shape index (κ1) is 12.2. The lowest BCUT2D eigenvalue weighted by molar-refractivity contribution is -0.120. The Bertz CT molecular complexity index is 571. The molecule has 4 nitrogen and oxygen atoms in total. The van der Waals surface area contributed by atoms with Gasteiger partial charge in [0.1, 0.15) is 11.3 Å². The summed E-state index contributed by atoms with van der Waals surface area (Å²) in [6, 6.07) is 5.53. The third kappa shape index (κ3) is 2.53. The van der Waals surface area contributed by atoms with E-state index in [9.17, 15) is 4.79 Å². The van der Waals surface area contributed by atoms with Gasteiger partial charge >= 0.3 is 0 Å². The molecular formula is C14H15NO3. The number of amides is 1. The number of hydrogen-bond donors (Lipinski definition) is 1. The quantitative estimate of drug-likeness (QED) is 0.822. The van der Waals surface area contributed by atoms with Gasteiger partial charge < -0.3 is 14.5 Å². The van der Waals surface area contributed by atoms with Crippen LogP contribution in [0.3, 0.4) is 0 Å². The molecular weight excluding hydrogens is 230 g/mol. The number of carbonyl (C=O) groups excluding carboxylic acids is 1. The first-order valence-electron chi connectivity index (χ1n) is 5.66. The van der Waals surface area contributed by atoms with Crippen molar-refractivity contribution in [2.75, 3.05) is 13.7 Å². The molecule has 2 aromatic rings. The van der Waals surface area contributed by atoms with E-state index in [-0.39, 0.29) is 12.3 Å². The van der Waals surface area contributed by atoms with Crippen LogP contribution in [0.2, 0.25) is 0 Å². The Morgan fingerprint density at radius 2 is 2.39 bits per heavy atom. The van der Waals surface area contributed by atoms with E-state index in [2.05, 4.69) is 11.9 Å². The number of methoxy groups -OCH3 is 1. The minimum atomic E-state index is -0.0552. The number of hydrogen-bond acceptors (Lipinski definition) is 3. The van der Waals surface area contributed by atoms with E-state index in [0.717, 1.165) is 22.3 Å². The molecule has 94 valence electrons. The number of benzene rings is 1. The first-order chi connectivity index (χ1) is 8.74. The van der Waals surface area contributed by atoms with Crippen LogP contribution < -0.4 is 10.1 Å². The Hall–Kier alpha value is -2.23. The molecule has 1 amide bonds. The van der Waals surface area contributed by atoms with Gasteiger partial charge in [-0.1, -0.05) is 6.08 Å². The van der Waals surface area contributed by atoms with Gasteiger partial charge in [0, 0.05) is 17.5 Å². The fourth-order valence-corrected chi connectivity index (χ4v) is 1.75. The highest BCUT2D eigenvalue weighted by molar-refractivity contribution is 5.88. The molecule has 1 aromatic heterocycles. The summed E-state index contributed by atoms with van der Waals surface area (Å²) in [5, 5.41) is 3.64. The number of rotatable bonds is 5. The number of ether oxygens (including phenoxy) is 1. The van der Waals surface area contributed by atoms with Crippen LogP contribution in [0.4, 0.5) is 0 Å². The van der Waals surface area contributed by atoms with E-state index >= 15 is 0 Å². The van der Waals surface area contributed by atoms with Crippen molar-refractivity contribution in [2.45, 2.75) is 6.42 Å². The summed E-state index contributed by atoms with van der Waals surface area (Å²) >= 11 is 0. The predicted molar refractivity (Wildman–Crippen MR) is 69.7 cm³/mol. The fourth-order valence-electron chi connectivity index (χ4n) is 1.75. The monoisotopic (exact) mass is 245 g/mol. The number of nitrogens with one attached hydrogen (secondary N) is 1. The van der Waals surface area contributed by atoms with E-state index < -0.39 is 0 Å². The molecule has 1 aromatic carbocycles. The van der Waals surface area contributed by atoms with Crippen molar-refractivity contribution in [3.8, 4) is 5.75 Å². The fraction of sp³-hybridized carbons (Fsp3) is 0.214. The summed E-state index contributed by atoms with van der Waals surface area (Å²) in [6.07, 6.45) is 3.54. The Morgan fingerprint density at radius 1 is 1.56 bits per heavy atom. The Labute approximate surface area is 105 Å². The van der Waals surface area contributed by atoms with E-state index in [1.165, 1.54) is 0 Å². The second kappa shape index (κ2) is 5.40. The summed E-state index contributed by atoms with van der Waals surface area (Å²) in [6.45, 7) is 4.02. The summed E-state index contributed by atoms with van der Waals surface area (Å²) in [5.74, 6) is 0.692. The van der Waals surface area contributed by atoms with Gasteiger partial charge in [0.2, 0.25) is 5.91 Å². The van der Waals surface area contributed by atoms with Crippen LogP contribution in [0.1, 0.15) is 5.56 Å². The van der Waals surface area contributed by atoms with Crippen molar-refractivity contribution >= 4 is 16.9 Å². The standard InChI is InChI=1S/C14H15NO3/c1-3-6-15-14(16)7-10-9-18-13-5-4-11(17-2)8-12(10)13/h3-5,8-9H,1,6-7H2,2H3,(H,15,16). The van der Waals surface area contributed by atoms with Crippen molar-refractivity contribution in [3.63, 3.8) is 0 Å². The van der Waals surface area contributed by atoms with Gasteiger partial charge in [0.25, 0.3) is 0 Å². The van der Waals surface area contributed by atoms with Crippen molar-refractivity contribution in [3.05, 3.63) is 42.7 Å². The maximum absolute atomic E-state index is 11.6. The Morgan fingerprint density at radius 3 is 3.11 bits per heavy atom. The zero-order valence-corrected chi connectivity index (χ0v) is 10.2. The molecule has 0 bridgehead atoms. The third-order valence-electron chi connectivity index (χ3n) is 2.66. The molecule has 2 rings (SSSR count). The minimum Gasteiger partial charge on any atom is -0.497 e.